The van der Waals surface area contributed by atoms with Crippen LogP contribution in [0.1, 0.15) is 45.0 Å². The van der Waals surface area contributed by atoms with Gasteiger partial charge in [-0.05, 0) is 46.8 Å². The molecule has 3 rings (SSSR count). The van der Waals surface area contributed by atoms with Crippen LogP contribution in [0.3, 0.4) is 0 Å². The number of hydrogen-bond acceptors (Lipinski definition) is 3. The Morgan fingerprint density at radius 3 is 2.57 bits per heavy atom. The summed E-state index contributed by atoms with van der Waals surface area (Å²) >= 11 is 3.51. The number of halogens is 1. The summed E-state index contributed by atoms with van der Waals surface area (Å²) in [5.41, 5.74) is 1.22. The van der Waals surface area contributed by atoms with E-state index in [4.69, 9.17) is 4.74 Å². The summed E-state index contributed by atoms with van der Waals surface area (Å²) in [7, 11) is 0. The van der Waals surface area contributed by atoms with Gasteiger partial charge in [0, 0.05) is 53.8 Å². The van der Waals surface area contributed by atoms with Crippen LogP contribution in [0.25, 0.3) is 10.9 Å². The Hall–Kier alpha value is -2.02. The van der Waals surface area contributed by atoms with Gasteiger partial charge in [-0.3, -0.25) is 4.79 Å². The Labute approximate surface area is 174 Å². The van der Waals surface area contributed by atoms with Gasteiger partial charge in [-0.25, -0.2) is 4.79 Å². The van der Waals surface area contributed by atoms with E-state index in [9.17, 15) is 9.59 Å². The zero-order valence-electron chi connectivity index (χ0n) is 17.2. The maximum atomic E-state index is 13.2. The monoisotopic (exact) mass is 449 g/mol. The molecular formula is C21H28BrN3O3. The summed E-state index contributed by atoms with van der Waals surface area (Å²) < 4.78 is 8.57. The van der Waals surface area contributed by atoms with Gasteiger partial charge in [0.05, 0.1) is 5.56 Å². The number of carbonyl (C=O) groups excluding carboxylic acids is 2. The highest BCUT2D eigenvalue weighted by Crippen LogP contribution is 2.27. The van der Waals surface area contributed by atoms with Crippen molar-refractivity contribution < 1.29 is 14.3 Å². The minimum absolute atomic E-state index is 0.00945. The maximum absolute atomic E-state index is 13.2. The molecule has 1 unspecified atom stereocenters. The number of hydrogen-bond donors (Lipinski definition) is 0. The van der Waals surface area contributed by atoms with Gasteiger partial charge in [0.1, 0.15) is 5.60 Å². The van der Waals surface area contributed by atoms with Crippen molar-refractivity contribution in [2.45, 2.75) is 52.8 Å². The van der Waals surface area contributed by atoms with Gasteiger partial charge in [0.2, 0.25) is 0 Å². The summed E-state index contributed by atoms with van der Waals surface area (Å²) in [5.74, 6) is 0.00945. The highest BCUT2D eigenvalue weighted by molar-refractivity contribution is 9.10. The van der Waals surface area contributed by atoms with E-state index in [1.54, 1.807) is 4.90 Å². The molecule has 1 aliphatic heterocycles. The molecular weight excluding hydrogens is 422 g/mol. The molecule has 1 atom stereocenters. The average Bonchev–Trinajstić information content (AvgIpc) is 2.97. The zero-order valence-corrected chi connectivity index (χ0v) is 18.7. The molecule has 0 saturated carbocycles. The number of rotatable bonds is 2. The van der Waals surface area contributed by atoms with E-state index in [1.165, 1.54) is 0 Å². The van der Waals surface area contributed by atoms with Crippen molar-refractivity contribution in [3.05, 3.63) is 34.4 Å². The van der Waals surface area contributed by atoms with Crippen LogP contribution in [0.5, 0.6) is 0 Å². The molecule has 0 bridgehead atoms. The van der Waals surface area contributed by atoms with Crippen molar-refractivity contribution >= 4 is 38.8 Å². The summed E-state index contributed by atoms with van der Waals surface area (Å²) in [4.78, 5) is 29.2. The van der Waals surface area contributed by atoms with Gasteiger partial charge >= 0.3 is 6.09 Å². The summed E-state index contributed by atoms with van der Waals surface area (Å²) in [6, 6.07) is 5.89. The van der Waals surface area contributed by atoms with Crippen LogP contribution in [0.4, 0.5) is 4.79 Å². The van der Waals surface area contributed by atoms with Crippen LogP contribution in [-0.2, 0) is 11.3 Å². The number of aromatic nitrogens is 1. The molecule has 0 aliphatic carbocycles. The lowest BCUT2D eigenvalue weighted by Gasteiger charge is -2.40. The quantitative estimate of drug-likeness (QED) is 0.677. The van der Waals surface area contributed by atoms with E-state index >= 15 is 0 Å². The molecule has 6 nitrogen and oxygen atoms in total. The molecule has 0 radical (unpaired) electrons. The van der Waals surface area contributed by atoms with Crippen LogP contribution >= 0.6 is 15.9 Å². The highest BCUT2D eigenvalue weighted by Gasteiger charge is 2.33. The van der Waals surface area contributed by atoms with Crippen molar-refractivity contribution in [3.63, 3.8) is 0 Å². The third-order valence-electron chi connectivity index (χ3n) is 4.96. The van der Waals surface area contributed by atoms with Crippen molar-refractivity contribution in [2.75, 3.05) is 19.6 Å². The second-order valence-electron chi connectivity index (χ2n) is 8.26. The first-order chi connectivity index (χ1) is 13.1. The molecule has 152 valence electrons. The van der Waals surface area contributed by atoms with Gasteiger partial charge in [0.15, 0.2) is 0 Å². The highest BCUT2D eigenvalue weighted by atomic mass is 79.9. The van der Waals surface area contributed by atoms with Crippen LogP contribution in [0.15, 0.2) is 28.9 Å². The molecule has 0 spiro atoms. The topological polar surface area (TPSA) is 54.8 Å². The average molecular weight is 450 g/mol. The molecule has 1 aliphatic rings. The molecule has 1 aromatic heterocycles. The normalized spacial score (nSPS) is 17.9. The van der Waals surface area contributed by atoms with E-state index in [0.29, 0.717) is 25.2 Å². The largest absolute Gasteiger partial charge is 0.444 e. The summed E-state index contributed by atoms with van der Waals surface area (Å²) in [5, 5.41) is 0.956. The molecule has 28 heavy (non-hydrogen) atoms. The number of aryl methyl sites for hydroxylation is 1. The van der Waals surface area contributed by atoms with Gasteiger partial charge in [-0.1, -0.05) is 22.0 Å². The lowest BCUT2D eigenvalue weighted by atomic mass is 10.1. The lowest BCUT2D eigenvalue weighted by molar-refractivity contribution is 0.00201. The Kier molecular flexibility index (Phi) is 5.75. The summed E-state index contributed by atoms with van der Waals surface area (Å²) in [6.45, 7) is 11.9. The Balaban J connectivity index is 1.78. The first-order valence-electron chi connectivity index (χ1n) is 9.68. The van der Waals surface area contributed by atoms with Crippen LogP contribution in [0.2, 0.25) is 0 Å². The fraction of sp³-hybridized carbons (Fsp3) is 0.524. The minimum Gasteiger partial charge on any atom is -0.444 e. The number of nitrogens with zero attached hydrogens (tertiary/aromatic N) is 3. The van der Waals surface area contributed by atoms with Crippen molar-refractivity contribution in [1.29, 1.82) is 0 Å². The molecule has 1 saturated heterocycles. The fourth-order valence-electron chi connectivity index (χ4n) is 3.60. The Morgan fingerprint density at radius 1 is 1.25 bits per heavy atom. The number of piperazine rings is 1. The third kappa shape index (κ3) is 4.19. The molecule has 2 heterocycles. The van der Waals surface area contributed by atoms with Crippen molar-refractivity contribution in [3.8, 4) is 0 Å². The summed E-state index contributed by atoms with van der Waals surface area (Å²) in [6.07, 6.45) is 1.61. The van der Waals surface area contributed by atoms with Crippen LogP contribution in [-0.4, -0.2) is 57.6 Å². The maximum Gasteiger partial charge on any atom is 0.410 e. The number of benzene rings is 1. The lowest BCUT2D eigenvalue weighted by Crippen LogP contribution is -2.56. The number of fused-ring (bicyclic) bond motifs is 1. The van der Waals surface area contributed by atoms with Gasteiger partial charge in [0.25, 0.3) is 5.91 Å². The smallest absolute Gasteiger partial charge is 0.410 e. The Bertz CT molecular complexity index is 900. The van der Waals surface area contributed by atoms with Gasteiger partial charge in [-0.15, -0.1) is 0 Å². The molecule has 1 fully saturated rings. The van der Waals surface area contributed by atoms with Crippen molar-refractivity contribution in [1.82, 2.24) is 14.4 Å². The van der Waals surface area contributed by atoms with Gasteiger partial charge < -0.3 is 19.1 Å². The predicted molar refractivity (Wildman–Crippen MR) is 114 cm³/mol. The zero-order chi connectivity index (χ0) is 20.6. The molecule has 0 N–H and O–H groups in total. The third-order valence-corrected chi connectivity index (χ3v) is 5.45. The van der Waals surface area contributed by atoms with E-state index in [0.717, 1.165) is 21.9 Å². The standard InChI is InChI=1S/C21H28BrN3O3/c1-6-23-13-17(16-8-7-15(22)11-18(16)23)19(26)24-9-10-25(14(2)12-24)20(27)28-21(3,4)5/h7-8,11,13-14H,6,9-10,12H2,1-5H3. The minimum atomic E-state index is -0.528. The SMILES string of the molecule is CCn1cc(C(=O)N2CCN(C(=O)OC(C)(C)C)C(C)C2)c2ccc(Br)cc21. The van der Waals surface area contributed by atoms with E-state index in [1.807, 2.05) is 57.0 Å². The number of amides is 2. The fourth-order valence-corrected chi connectivity index (χ4v) is 3.95. The molecule has 2 amide bonds. The predicted octanol–water partition coefficient (Wildman–Crippen LogP) is 4.51. The van der Waals surface area contributed by atoms with Crippen molar-refractivity contribution in [2.24, 2.45) is 0 Å². The first-order valence-corrected chi connectivity index (χ1v) is 10.5. The van der Waals surface area contributed by atoms with E-state index < -0.39 is 5.60 Å². The van der Waals surface area contributed by atoms with Crippen LogP contribution in [0, 0.1) is 0 Å². The second-order valence-corrected chi connectivity index (χ2v) is 9.18. The van der Waals surface area contributed by atoms with E-state index in [2.05, 4.69) is 27.4 Å². The van der Waals surface area contributed by atoms with Gasteiger partial charge in [-0.2, -0.15) is 0 Å². The molecule has 2 aromatic rings. The first kappa shape index (κ1) is 20.7. The molecule has 7 heteroatoms. The number of ether oxygens (including phenoxy) is 1. The number of carbonyl (C=O) groups is 2. The Morgan fingerprint density at radius 2 is 1.96 bits per heavy atom. The molecule has 1 aromatic carbocycles. The second kappa shape index (κ2) is 7.78. The van der Waals surface area contributed by atoms with E-state index in [-0.39, 0.29) is 18.0 Å². The van der Waals surface area contributed by atoms with Crippen LogP contribution < -0.4 is 0 Å².